The summed E-state index contributed by atoms with van der Waals surface area (Å²) >= 11 is 1.84. The van der Waals surface area contributed by atoms with Crippen LogP contribution in [0.1, 0.15) is 46.1 Å². The van der Waals surface area contributed by atoms with E-state index in [2.05, 4.69) is 43.5 Å². The third kappa shape index (κ3) is 4.51. The lowest BCUT2D eigenvalue weighted by Crippen LogP contribution is -1.90. The summed E-state index contributed by atoms with van der Waals surface area (Å²) < 4.78 is 1.43. The van der Waals surface area contributed by atoms with Crippen LogP contribution in [0.25, 0.3) is 10.1 Å². The van der Waals surface area contributed by atoms with Crippen molar-refractivity contribution in [3.63, 3.8) is 0 Å². The topological polar surface area (TPSA) is 0 Å². The highest BCUT2D eigenvalue weighted by Gasteiger charge is 1.99. The minimum Gasteiger partial charge on any atom is -0.144 e. The van der Waals surface area contributed by atoms with E-state index in [0.717, 1.165) is 5.92 Å². The second-order valence-electron chi connectivity index (χ2n) is 4.58. The average molecular weight is 248 g/mol. The Balaban J connectivity index is 0.000000686. The number of hydrogen-bond donors (Lipinski definition) is 0. The Morgan fingerprint density at radius 2 is 1.88 bits per heavy atom. The fourth-order valence-corrected chi connectivity index (χ4v) is 2.72. The molecule has 1 heteroatoms. The predicted octanol–water partition coefficient (Wildman–Crippen LogP) is 5.91. The quantitative estimate of drug-likeness (QED) is 0.631. The van der Waals surface area contributed by atoms with Gasteiger partial charge in [0.2, 0.25) is 0 Å². The Bertz CT molecular complexity index is 426. The zero-order valence-electron chi connectivity index (χ0n) is 11.5. The van der Waals surface area contributed by atoms with Gasteiger partial charge in [-0.25, -0.2) is 0 Å². The number of benzene rings is 1. The lowest BCUT2D eigenvalue weighted by atomic mass is 10.0. The highest BCUT2D eigenvalue weighted by atomic mass is 32.1. The van der Waals surface area contributed by atoms with E-state index in [4.69, 9.17) is 0 Å². The Morgan fingerprint density at radius 3 is 2.59 bits per heavy atom. The highest BCUT2D eigenvalue weighted by Crippen LogP contribution is 2.22. The maximum absolute atomic E-state index is 2.35. The van der Waals surface area contributed by atoms with Gasteiger partial charge < -0.3 is 0 Å². The van der Waals surface area contributed by atoms with Crippen LogP contribution in [-0.2, 0) is 6.42 Å². The zero-order chi connectivity index (χ0) is 12.7. The number of thiophene rings is 1. The fourth-order valence-electron chi connectivity index (χ4n) is 1.87. The number of rotatable bonds is 4. The van der Waals surface area contributed by atoms with Crippen LogP contribution in [0, 0.1) is 5.92 Å². The van der Waals surface area contributed by atoms with Crippen molar-refractivity contribution in [2.24, 2.45) is 5.92 Å². The van der Waals surface area contributed by atoms with Crippen molar-refractivity contribution in [1.82, 2.24) is 0 Å². The van der Waals surface area contributed by atoms with E-state index in [9.17, 15) is 0 Å². The van der Waals surface area contributed by atoms with Crippen LogP contribution in [0.5, 0.6) is 0 Å². The first-order valence-corrected chi connectivity index (χ1v) is 7.60. The van der Waals surface area contributed by atoms with E-state index in [0.29, 0.717) is 0 Å². The number of hydrogen-bond acceptors (Lipinski definition) is 1. The van der Waals surface area contributed by atoms with E-state index in [1.165, 1.54) is 34.9 Å². The molecule has 1 aromatic heterocycles. The van der Waals surface area contributed by atoms with Crippen LogP contribution in [0.15, 0.2) is 29.6 Å². The van der Waals surface area contributed by atoms with Crippen molar-refractivity contribution in [1.29, 1.82) is 0 Å². The van der Waals surface area contributed by atoms with Crippen molar-refractivity contribution in [3.05, 3.63) is 35.2 Å². The van der Waals surface area contributed by atoms with Gasteiger partial charge in [0.25, 0.3) is 0 Å². The molecule has 94 valence electrons. The lowest BCUT2D eigenvalue weighted by molar-refractivity contribution is 0.556. The average Bonchev–Trinajstić information content (AvgIpc) is 2.78. The standard InChI is InChI=1S/C14H18S.C2H6/c1-11(2)4-3-5-12-6-7-13-8-9-15-14(13)10-12;1-2/h6-11H,3-5H2,1-2H3;1-2H3. The molecule has 0 aliphatic heterocycles. The minimum absolute atomic E-state index is 0.829. The van der Waals surface area contributed by atoms with E-state index < -0.39 is 0 Å². The molecule has 0 amide bonds. The second kappa shape index (κ2) is 7.50. The molecule has 17 heavy (non-hydrogen) atoms. The predicted molar refractivity (Wildman–Crippen MR) is 80.9 cm³/mol. The molecule has 0 nitrogen and oxygen atoms in total. The fraction of sp³-hybridized carbons (Fsp3) is 0.500. The molecule has 0 aliphatic rings. The molecule has 2 aromatic rings. The summed E-state index contributed by atoms with van der Waals surface area (Å²) in [4.78, 5) is 0. The second-order valence-corrected chi connectivity index (χ2v) is 5.53. The molecular weight excluding hydrogens is 224 g/mol. The third-order valence-electron chi connectivity index (χ3n) is 2.77. The molecule has 1 heterocycles. The zero-order valence-corrected chi connectivity index (χ0v) is 12.3. The van der Waals surface area contributed by atoms with Gasteiger partial charge in [0.05, 0.1) is 0 Å². The molecule has 0 saturated heterocycles. The van der Waals surface area contributed by atoms with Gasteiger partial charge in [0, 0.05) is 4.70 Å². The molecule has 0 radical (unpaired) electrons. The molecule has 0 unspecified atom stereocenters. The van der Waals surface area contributed by atoms with Crippen LogP contribution in [0.2, 0.25) is 0 Å². The molecule has 0 saturated carbocycles. The first kappa shape index (κ1) is 14.2. The minimum atomic E-state index is 0.829. The monoisotopic (exact) mass is 248 g/mol. The normalized spacial score (nSPS) is 10.4. The first-order valence-electron chi connectivity index (χ1n) is 6.72. The number of aryl methyl sites for hydroxylation is 1. The maximum atomic E-state index is 2.35. The summed E-state index contributed by atoms with van der Waals surface area (Å²) in [5.41, 5.74) is 1.49. The van der Waals surface area contributed by atoms with Crippen LogP contribution >= 0.6 is 11.3 Å². The Morgan fingerprint density at radius 1 is 1.12 bits per heavy atom. The van der Waals surface area contributed by atoms with Gasteiger partial charge in [-0.1, -0.05) is 46.2 Å². The van der Waals surface area contributed by atoms with Gasteiger partial charge in [-0.2, -0.15) is 0 Å². The van der Waals surface area contributed by atoms with Crippen molar-refractivity contribution < 1.29 is 0 Å². The van der Waals surface area contributed by atoms with Gasteiger partial charge in [-0.05, 0) is 47.2 Å². The van der Waals surface area contributed by atoms with E-state index in [1.54, 1.807) is 0 Å². The Kier molecular flexibility index (Phi) is 6.28. The van der Waals surface area contributed by atoms with Crippen LogP contribution in [0.3, 0.4) is 0 Å². The first-order chi connectivity index (χ1) is 8.25. The van der Waals surface area contributed by atoms with Gasteiger partial charge in [0.1, 0.15) is 0 Å². The van der Waals surface area contributed by atoms with Crippen molar-refractivity contribution in [3.8, 4) is 0 Å². The summed E-state index contributed by atoms with van der Waals surface area (Å²) in [6.07, 6.45) is 3.88. The maximum Gasteiger partial charge on any atom is 0.0345 e. The van der Waals surface area contributed by atoms with Gasteiger partial charge in [-0.15, -0.1) is 11.3 Å². The van der Waals surface area contributed by atoms with Crippen LogP contribution in [-0.4, -0.2) is 0 Å². The molecule has 0 spiro atoms. The van der Waals surface area contributed by atoms with Gasteiger partial charge in [-0.3, -0.25) is 0 Å². The molecule has 0 aliphatic carbocycles. The Labute approximate surface area is 110 Å². The van der Waals surface area contributed by atoms with Crippen molar-refractivity contribution in [2.75, 3.05) is 0 Å². The van der Waals surface area contributed by atoms with Crippen molar-refractivity contribution in [2.45, 2.75) is 47.0 Å². The molecule has 1 aromatic carbocycles. The molecule has 0 N–H and O–H groups in total. The summed E-state index contributed by atoms with van der Waals surface area (Å²) in [6, 6.07) is 9.06. The summed E-state index contributed by atoms with van der Waals surface area (Å²) in [6.45, 7) is 8.59. The van der Waals surface area contributed by atoms with Gasteiger partial charge >= 0.3 is 0 Å². The van der Waals surface area contributed by atoms with E-state index >= 15 is 0 Å². The largest absolute Gasteiger partial charge is 0.144 e. The molecule has 0 bridgehead atoms. The SMILES string of the molecule is CC.CC(C)CCCc1ccc2ccsc2c1. The molecule has 0 atom stereocenters. The number of fused-ring (bicyclic) bond motifs is 1. The Hall–Kier alpha value is -0.820. The molecular formula is C16H24S. The van der Waals surface area contributed by atoms with Crippen LogP contribution in [0.4, 0.5) is 0 Å². The molecule has 2 rings (SSSR count). The third-order valence-corrected chi connectivity index (χ3v) is 3.65. The highest BCUT2D eigenvalue weighted by molar-refractivity contribution is 7.17. The van der Waals surface area contributed by atoms with Crippen LogP contribution < -0.4 is 0 Å². The smallest absolute Gasteiger partial charge is 0.0345 e. The summed E-state index contributed by atoms with van der Waals surface area (Å²) in [7, 11) is 0. The summed E-state index contributed by atoms with van der Waals surface area (Å²) in [5.74, 6) is 0.829. The summed E-state index contributed by atoms with van der Waals surface area (Å²) in [5, 5.41) is 3.55. The van der Waals surface area contributed by atoms with E-state index in [-0.39, 0.29) is 0 Å². The lowest BCUT2D eigenvalue weighted by Gasteiger charge is -2.04. The van der Waals surface area contributed by atoms with E-state index in [1.807, 2.05) is 25.2 Å². The molecule has 0 fully saturated rings. The van der Waals surface area contributed by atoms with Gasteiger partial charge in [0.15, 0.2) is 0 Å². The van der Waals surface area contributed by atoms with Crippen molar-refractivity contribution >= 4 is 21.4 Å².